The quantitative estimate of drug-likeness (QED) is 0.507. The highest BCUT2D eigenvalue weighted by atomic mass is 32.1. The Hall–Kier alpha value is -3.46. The van der Waals surface area contributed by atoms with Crippen molar-refractivity contribution in [3.05, 3.63) is 57.9 Å². The summed E-state index contributed by atoms with van der Waals surface area (Å²) in [5, 5.41) is 0. The average Bonchev–Trinajstić information content (AvgIpc) is 3.09. The molecule has 9 heteroatoms. The molecule has 0 unspecified atom stereocenters. The molecule has 1 amide bonds. The van der Waals surface area contributed by atoms with E-state index in [1.807, 2.05) is 25.1 Å². The lowest BCUT2D eigenvalue weighted by Gasteiger charge is -2.08. The van der Waals surface area contributed by atoms with Gasteiger partial charge < -0.3 is 18.8 Å². The number of aromatic nitrogens is 1. The number of carbonyl (C=O) groups excluding carboxylic acids is 3. The van der Waals surface area contributed by atoms with Gasteiger partial charge in [0, 0.05) is 5.56 Å². The Balaban J connectivity index is 2.05. The number of fused-ring (bicyclic) bond motifs is 1. The molecule has 0 spiro atoms. The lowest BCUT2D eigenvalue weighted by Crippen LogP contribution is -2.23. The molecule has 3 aromatic rings. The molecule has 0 atom stereocenters. The van der Waals surface area contributed by atoms with Crippen LogP contribution in [0.3, 0.4) is 0 Å². The van der Waals surface area contributed by atoms with Gasteiger partial charge in [-0.3, -0.25) is 9.59 Å². The zero-order valence-electron chi connectivity index (χ0n) is 18.3. The minimum absolute atomic E-state index is 0.0475. The number of thiazole rings is 1. The fourth-order valence-corrected chi connectivity index (χ4v) is 4.33. The van der Waals surface area contributed by atoms with E-state index in [0.29, 0.717) is 26.3 Å². The fraction of sp³-hybridized carbons (Fsp3) is 0.304. The van der Waals surface area contributed by atoms with Crippen molar-refractivity contribution < 1.29 is 28.6 Å². The average molecular weight is 457 g/mol. The maximum Gasteiger partial charge on any atom is 0.337 e. The summed E-state index contributed by atoms with van der Waals surface area (Å²) in [4.78, 5) is 41.5. The van der Waals surface area contributed by atoms with Crippen LogP contribution in [0.15, 0.2) is 41.4 Å². The number of hydrogen-bond acceptors (Lipinski definition) is 7. The topological polar surface area (TPSA) is 96.2 Å². The van der Waals surface area contributed by atoms with Crippen LogP contribution in [0.1, 0.15) is 28.4 Å². The number of esters is 2. The predicted molar refractivity (Wildman–Crippen MR) is 120 cm³/mol. The molecule has 0 fully saturated rings. The normalized spacial score (nSPS) is 11.4. The van der Waals surface area contributed by atoms with E-state index < -0.39 is 11.9 Å². The fourth-order valence-electron chi connectivity index (χ4n) is 3.25. The Kier molecular flexibility index (Phi) is 7.42. The Bertz CT molecular complexity index is 1240. The van der Waals surface area contributed by atoms with Gasteiger partial charge >= 0.3 is 11.9 Å². The number of rotatable bonds is 7. The van der Waals surface area contributed by atoms with E-state index in [-0.39, 0.29) is 25.5 Å². The van der Waals surface area contributed by atoms with Crippen molar-refractivity contribution in [3.8, 4) is 5.75 Å². The van der Waals surface area contributed by atoms with Crippen LogP contribution < -0.4 is 9.54 Å². The number of nitrogens with zero attached hydrogens (tertiary/aromatic N) is 2. The Morgan fingerprint density at radius 1 is 1.09 bits per heavy atom. The first-order valence-electron chi connectivity index (χ1n) is 9.94. The van der Waals surface area contributed by atoms with Crippen LogP contribution >= 0.6 is 11.3 Å². The van der Waals surface area contributed by atoms with Crippen LogP contribution in [0, 0.1) is 6.92 Å². The van der Waals surface area contributed by atoms with Gasteiger partial charge in [-0.2, -0.15) is 4.99 Å². The van der Waals surface area contributed by atoms with Crippen LogP contribution in [0.4, 0.5) is 0 Å². The van der Waals surface area contributed by atoms with Gasteiger partial charge in [0.05, 0.1) is 43.0 Å². The van der Waals surface area contributed by atoms with E-state index in [9.17, 15) is 14.4 Å². The summed E-state index contributed by atoms with van der Waals surface area (Å²) in [5.74, 6) is -0.694. The highest BCUT2D eigenvalue weighted by Crippen LogP contribution is 2.22. The molecule has 0 aliphatic rings. The zero-order valence-corrected chi connectivity index (χ0v) is 19.2. The minimum Gasteiger partial charge on any atom is -0.496 e. The molecule has 0 saturated carbocycles. The van der Waals surface area contributed by atoms with E-state index >= 15 is 0 Å². The standard InChI is InChI=1S/C23H24N2O6S/c1-5-31-21(27)13-25-17-8-7-15(22(28)30-4)11-19(17)32-23(25)24-20(26)12-16-10-14(2)6-9-18(16)29-3/h6-11H,5,12-13H2,1-4H3. The van der Waals surface area contributed by atoms with Crippen molar-refractivity contribution in [2.45, 2.75) is 26.8 Å². The maximum atomic E-state index is 12.8. The first-order valence-corrected chi connectivity index (χ1v) is 10.8. The Morgan fingerprint density at radius 3 is 2.56 bits per heavy atom. The molecule has 32 heavy (non-hydrogen) atoms. The van der Waals surface area contributed by atoms with E-state index in [0.717, 1.165) is 11.1 Å². The molecule has 3 rings (SSSR count). The molecule has 168 valence electrons. The van der Waals surface area contributed by atoms with Crippen LogP contribution in [0.2, 0.25) is 0 Å². The molecule has 0 bridgehead atoms. The van der Waals surface area contributed by atoms with Crippen molar-refractivity contribution in [2.24, 2.45) is 4.99 Å². The van der Waals surface area contributed by atoms with Gasteiger partial charge in [0.1, 0.15) is 12.3 Å². The number of methoxy groups -OCH3 is 2. The van der Waals surface area contributed by atoms with Crippen molar-refractivity contribution in [3.63, 3.8) is 0 Å². The smallest absolute Gasteiger partial charge is 0.337 e. The van der Waals surface area contributed by atoms with Gasteiger partial charge in [-0.05, 0) is 38.1 Å². The summed E-state index contributed by atoms with van der Waals surface area (Å²) in [7, 11) is 2.86. The molecule has 0 aliphatic heterocycles. The van der Waals surface area contributed by atoms with Gasteiger partial charge in [-0.1, -0.05) is 29.0 Å². The number of ether oxygens (including phenoxy) is 3. The number of aryl methyl sites for hydroxylation is 1. The van der Waals surface area contributed by atoms with E-state index in [4.69, 9.17) is 14.2 Å². The summed E-state index contributed by atoms with van der Waals surface area (Å²) in [5.41, 5.74) is 2.76. The molecule has 2 aromatic carbocycles. The Morgan fingerprint density at radius 2 is 1.88 bits per heavy atom. The molecule has 8 nitrogen and oxygen atoms in total. The second-order valence-corrected chi connectivity index (χ2v) is 7.96. The highest BCUT2D eigenvalue weighted by Gasteiger charge is 2.15. The molecule has 0 N–H and O–H groups in total. The van der Waals surface area contributed by atoms with Crippen LogP contribution in [-0.2, 0) is 32.0 Å². The van der Waals surface area contributed by atoms with E-state index in [2.05, 4.69) is 4.99 Å². The third kappa shape index (κ3) is 5.23. The highest BCUT2D eigenvalue weighted by molar-refractivity contribution is 7.16. The van der Waals surface area contributed by atoms with E-state index in [1.165, 1.54) is 18.4 Å². The summed E-state index contributed by atoms with van der Waals surface area (Å²) in [6.07, 6.45) is 0.0475. The number of amides is 1. The summed E-state index contributed by atoms with van der Waals surface area (Å²) in [6, 6.07) is 10.6. The van der Waals surface area contributed by atoms with Gasteiger partial charge in [0.25, 0.3) is 5.91 Å². The minimum atomic E-state index is -0.474. The van der Waals surface area contributed by atoms with Crippen LogP contribution in [0.5, 0.6) is 5.75 Å². The summed E-state index contributed by atoms with van der Waals surface area (Å²) in [6.45, 7) is 3.79. The molecule has 0 saturated heterocycles. The van der Waals surface area contributed by atoms with Crippen molar-refractivity contribution in [2.75, 3.05) is 20.8 Å². The van der Waals surface area contributed by atoms with Crippen LogP contribution in [0.25, 0.3) is 10.2 Å². The number of benzene rings is 2. The molecule has 0 radical (unpaired) electrons. The Labute approximate surface area is 189 Å². The van der Waals surface area contributed by atoms with Gasteiger partial charge in [0.15, 0.2) is 4.80 Å². The SMILES string of the molecule is CCOC(=O)Cn1c(=NC(=O)Cc2cc(C)ccc2OC)sc2cc(C(=O)OC)ccc21. The largest absolute Gasteiger partial charge is 0.496 e. The molecule has 1 aromatic heterocycles. The molecule has 1 heterocycles. The lowest BCUT2D eigenvalue weighted by molar-refractivity contribution is -0.143. The second kappa shape index (κ2) is 10.2. The molecular weight excluding hydrogens is 432 g/mol. The first kappa shape index (κ1) is 23.2. The monoisotopic (exact) mass is 456 g/mol. The summed E-state index contributed by atoms with van der Waals surface area (Å²) >= 11 is 1.21. The van der Waals surface area contributed by atoms with Crippen LogP contribution in [-0.4, -0.2) is 43.2 Å². The first-order chi connectivity index (χ1) is 15.4. The van der Waals surface area contributed by atoms with Crippen molar-refractivity contribution in [1.29, 1.82) is 0 Å². The summed E-state index contributed by atoms with van der Waals surface area (Å²) < 4.78 is 17.5. The number of carbonyl (C=O) groups is 3. The van der Waals surface area contributed by atoms with Gasteiger partial charge in [-0.15, -0.1) is 0 Å². The van der Waals surface area contributed by atoms with Gasteiger partial charge in [-0.25, -0.2) is 4.79 Å². The predicted octanol–water partition coefficient (Wildman–Crippen LogP) is 3.04. The van der Waals surface area contributed by atoms with E-state index in [1.54, 1.807) is 36.8 Å². The third-order valence-corrected chi connectivity index (χ3v) is 5.74. The molecule has 0 aliphatic carbocycles. The second-order valence-electron chi connectivity index (χ2n) is 6.95. The zero-order chi connectivity index (χ0) is 23.3. The van der Waals surface area contributed by atoms with Gasteiger partial charge in [0.2, 0.25) is 0 Å². The number of hydrogen-bond donors (Lipinski definition) is 0. The van der Waals surface area contributed by atoms with Crippen molar-refractivity contribution >= 4 is 39.4 Å². The third-order valence-electron chi connectivity index (χ3n) is 4.69. The van der Waals surface area contributed by atoms with Crippen molar-refractivity contribution in [1.82, 2.24) is 4.57 Å². The lowest BCUT2D eigenvalue weighted by atomic mass is 10.1. The maximum absolute atomic E-state index is 12.8. The molecular formula is C23H24N2O6S.